The van der Waals surface area contributed by atoms with Gasteiger partial charge in [-0.25, -0.2) is 4.79 Å². The highest BCUT2D eigenvalue weighted by Gasteiger charge is 2.03. The molecule has 4 aromatic carbocycles. The van der Waals surface area contributed by atoms with Gasteiger partial charge in [0.05, 0.1) is 28.4 Å². The van der Waals surface area contributed by atoms with Gasteiger partial charge in [0.1, 0.15) is 29.6 Å². The van der Waals surface area contributed by atoms with Crippen molar-refractivity contribution in [3.05, 3.63) is 132 Å². The van der Waals surface area contributed by atoms with Crippen LogP contribution < -0.4 is 18.9 Å². The molecule has 306 valence electrons. The van der Waals surface area contributed by atoms with E-state index < -0.39 is 6.16 Å². The first-order valence-electron chi connectivity index (χ1n) is 18.1. The average molecular weight is 757 g/mol. The van der Waals surface area contributed by atoms with Crippen LogP contribution in [-0.4, -0.2) is 53.1 Å². The molecule has 0 amide bonds. The number of methoxy groups -OCH3 is 4. The lowest BCUT2D eigenvalue weighted by molar-refractivity contribution is -0.120. The maximum Gasteiger partial charge on any atom is 0.508 e. The molecule has 4 rings (SSSR count). The van der Waals surface area contributed by atoms with E-state index in [1.807, 2.05) is 173 Å². The largest absolute Gasteiger partial charge is 0.508 e. The van der Waals surface area contributed by atoms with E-state index in [1.165, 1.54) is 12.7 Å². The minimum absolute atomic E-state index is 0. The van der Waals surface area contributed by atoms with Crippen molar-refractivity contribution in [2.45, 2.75) is 82.6 Å². The van der Waals surface area contributed by atoms with E-state index in [2.05, 4.69) is 9.47 Å². The summed E-state index contributed by atoms with van der Waals surface area (Å²) in [5.41, 5.74) is 2.34. The second kappa shape index (κ2) is 52.1. The fourth-order valence-corrected chi connectivity index (χ4v) is 3.03. The summed E-state index contributed by atoms with van der Waals surface area (Å²) >= 11 is 0. The Labute approximate surface area is 328 Å². The van der Waals surface area contributed by atoms with Crippen LogP contribution in [0.5, 0.6) is 23.0 Å². The third kappa shape index (κ3) is 41.1. The van der Waals surface area contributed by atoms with Gasteiger partial charge in [0, 0.05) is 0 Å². The maximum atomic E-state index is 10.6. The first kappa shape index (κ1) is 60.8. The van der Waals surface area contributed by atoms with Gasteiger partial charge in [-0.15, -0.1) is 0 Å². The molecule has 0 aliphatic heterocycles. The van der Waals surface area contributed by atoms with Crippen molar-refractivity contribution >= 4 is 12.6 Å². The van der Waals surface area contributed by atoms with Crippen LogP contribution in [0.25, 0.3) is 0 Å². The Hall–Kier alpha value is -5.28. The normalized spacial score (nSPS) is 7.69. The second-order valence-corrected chi connectivity index (χ2v) is 8.78. The summed E-state index contributed by atoms with van der Waals surface area (Å²) in [6.45, 7) is 22.8. The Morgan fingerprint density at radius 2 is 0.796 bits per heavy atom. The standard InChI is InChI=1S/C9H16O3.C7H6O2.3C7H8O.4C2H6.H2O/c1-5-8(7(2)3)6-12-9(10)11-4;8-6-9-7-4-2-1-3-5-7;3*1-8-7-5-3-2-4-6-7;4*1-2;/h5-6H2,1-4H3;1-6H;3*2-6H,1H3;4*1-2H3;1H2. The van der Waals surface area contributed by atoms with Crippen molar-refractivity contribution < 1.29 is 43.5 Å². The van der Waals surface area contributed by atoms with Crippen LogP contribution in [0.3, 0.4) is 0 Å². The lowest BCUT2D eigenvalue weighted by Crippen LogP contribution is -2.07. The average Bonchev–Trinajstić information content (AvgIpc) is 3.26. The summed E-state index contributed by atoms with van der Waals surface area (Å²) in [6.07, 6.45) is 0.279. The van der Waals surface area contributed by atoms with Crippen LogP contribution in [0.2, 0.25) is 0 Å². The van der Waals surface area contributed by atoms with Gasteiger partial charge >= 0.3 is 6.16 Å². The number of benzene rings is 4. The zero-order chi connectivity index (χ0) is 41.5. The Morgan fingerprint density at radius 3 is 0.981 bits per heavy atom. The predicted molar refractivity (Wildman–Crippen MR) is 228 cm³/mol. The van der Waals surface area contributed by atoms with E-state index in [9.17, 15) is 9.59 Å². The molecular weight excluding hydrogens is 684 g/mol. The fourth-order valence-electron chi connectivity index (χ4n) is 3.03. The topological polar surface area (TPSA) is 121 Å². The smallest absolute Gasteiger partial charge is 0.497 e. The lowest BCUT2D eigenvalue weighted by atomic mass is 10.1. The quantitative estimate of drug-likeness (QED) is 0.0989. The molecule has 0 saturated carbocycles. The molecule has 0 aliphatic carbocycles. The van der Waals surface area contributed by atoms with Gasteiger partial charge in [-0.3, -0.25) is 4.79 Å². The molecule has 0 heterocycles. The van der Waals surface area contributed by atoms with E-state index in [1.54, 1.807) is 45.6 Å². The SMILES string of the molecule is CC.CC.CC.CC.CCC(COC(=O)OC)=C(C)C.COc1ccccc1.COc1ccccc1.COc1ccccc1.O.O=COc1ccccc1. The zero-order valence-corrected chi connectivity index (χ0v) is 35.8. The molecule has 0 atom stereocenters. The van der Waals surface area contributed by atoms with Gasteiger partial charge < -0.3 is 33.9 Å². The number of hydrogen-bond acceptors (Lipinski definition) is 8. The number of allylic oxidation sites excluding steroid dienone is 1. The maximum absolute atomic E-state index is 10.6. The molecule has 0 aromatic heterocycles. The number of carbonyl (C=O) groups excluding carboxylic acids is 2. The lowest BCUT2D eigenvalue weighted by Gasteiger charge is -2.07. The van der Waals surface area contributed by atoms with Crippen LogP contribution >= 0.6 is 0 Å². The fraction of sp³-hybridized carbons (Fsp3) is 0.378. The summed E-state index contributed by atoms with van der Waals surface area (Å²) in [4.78, 5) is 20.3. The van der Waals surface area contributed by atoms with E-state index >= 15 is 0 Å². The second-order valence-electron chi connectivity index (χ2n) is 8.78. The summed E-state index contributed by atoms with van der Waals surface area (Å²) in [5.74, 6) is 3.31. The van der Waals surface area contributed by atoms with Crippen LogP contribution in [-0.2, 0) is 14.3 Å². The highest BCUT2D eigenvalue weighted by Crippen LogP contribution is 2.09. The zero-order valence-electron chi connectivity index (χ0n) is 35.8. The highest BCUT2D eigenvalue weighted by atomic mass is 16.7. The minimum atomic E-state index is -0.623. The molecule has 0 spiro atoms. The number of para-hydroxylation sites is 4. The molecule has 0 fully saturated rings. The van der Waals surface area contributed by atoms with E-state index in [-0.39, 0.29) is 5.48 Å². The third-order valence-electron chi connectivity index (χ3n) is 5.53. The van der Waals surface area contributed by atoms with Crippen LogP contribution in [0.15, 0.2) is 132 Å². The van der Waals surface area contributed by atoms with E-state index in [0.29, 0.717) is 18.8 Å². The van der Waals surface area contributed by atoms with Crippen molar-refractivity contribution in [2.75, 3.05) is 35.0 Å². The number of rotatable bonds is 8. The van der Waals surface area contributed by atoms with E-state index in [0.717, 1.165) is 29.2 Å². The molecule has 2 N–H and O–H groups in total. The van der Waals surface area contributed by atoms with Crippen LogP contribution in [0, 0.1) is 0 Å². The Bertz CT molecular complexity index is 1190. The number of carbonyl (C=O) groups is 2. The molecule has 0 bridgehead atoms. The summed E-state index contributed by atoms with van der Waals surface area (Å²) in [6, 6.07) is 37.9. The molecule has 54 heavy (non-hydrogen) atoms. The molecule has 9 nitrogen and oxygen atoms in total. The predicted octanol–water partition coefficient (Wildman–Crippen LogP) is 12.1. The molecule has 9 heteroatoms. The van der Waals surface area contributed by atoms with Gasteiger partial charge in [0.25, 0.3) is 6.47 Å². The Kier molecular flexibility index (Phi) is 58.6. The molecule has 0 radical (unpaired) electrons. The first-order valence-corrected chi connectivity index (χ1v) is 18.1. The van der Waals surface area contributed by atoms with Crippen molar-refractivity contribution in [1.29, 1.82) is 0 Å². The van der Waals surface area contributed by atoms with Crippen molar-refractivity contribution in [3.63, 3.8) is 0 Å². The van der Waals surface area contributed by atoms with Gasteiger partial charge in [-0.05, 0) is 74.4 Å². The summed E-state index contributed by atoms with van der Waals surface area (Å²) in [5, 5.41) is 0. The Morgan fingerprint density at radius 1 is 0.519 bits per heavy atom. The van der Waals surface area contributed by atoms with Crippen molar-refractivity contribution in [3.8, 4) is 23.0 Å². The minimum Gasteiger partial charge on any atom is -0.497 e. The molecule has 0 saturated heterocycles. The first-order chi connectivity index (χ1) is 25.8. The molecular formula is C45H72O9. The van der Waals surface area contributed by atoms with Crippen LogP contribution in [0.4, 0.5) is 4.79 Å². The van der Waals surface area contributed by atoms with Gasteiger partial charge in [0.2, 0.25) is 0 Å². The van der Waals surface area contributed by atoms with Crippen LogP contribution in [0.1, 0.15) is 82.6 Å². The molecule has 0 unspecified atom stereocenters. The van der Waals surface area contributed by atoms with Gasteiger partial charge in [-0.1, -0.05) is 141 Å². The van der Waals surface area contributed by atoms with Gasteiger partial charge in [0.15, 0.2) is 0 Å². The molecule has 0 aliphatic rings. The molecule has 4 aromatic rings. The summed E-state index contributed by atoms with van der Waals surface area (Å²) in [7, 11) is 6.29. The van der Waals surface area contributed by atoms with Crippen molar-refractivity contribution in [2.24, 2.45) is 0 Å². The monoisotopic (exact) mass is 757 g/mol. The van der Waals surface area contributed by atoms with E-state index in [4.69, 9.17) is 18.9 Å². The number of hydrogen-bond donors (Lipinski definition) is 0. The third-order valence-corrected chi connectivity index (χ3v) is 5.53. The highest BCUT2D eigenvalue weighted by molar-refractivity contribution is 5.59. The van der Waals surface area contributed by atoms with Crippen molar-refractivity contribution in [1.82, 2.24) is 0 Å². The van der Waals surface area contributed by atoms with Gasteiger partial charge in [-0.2, -0.15) is 0 Å². The Balaban J connectivity index is -0.000000127. The summed E-state index contributed by atoms with van der Waals surface area (Å²) < 4.78 is 28.4. The number of ether oxygens (including phenoxy) is 6.